The molecule has 2 aromatic carbocycles. The van der Waals surface area contributed by atoms with Crippen molar-refractivity contribution in [2.45, 2.75) is 23.1 Å². The van der Waals surface area contributed by atoms with E-state index in [2.05, 4.69) is 81.2 Å². The topological polar surface area (TPSA) is 22.6 Å². The minimum atomic E-state index is 1.05. The first kappa shape index (κ1) is 19.5. The van der Waals surface area contributed by atoms with Gasteiger partial charge in [0.05, 0.1) is 11.4 Å². The minimum absolute atomic E-state index is 1.05. The van der Waals surface area contributed by atoms with Crippen LogP contribution in [0.5, 0.6) is 0 Å². The minimum Gasteiger partial charge on any atom is -0.354 e. The fourth-order valence-electron chi connectivity index (χ4n) is 4.37. The number of fused-ring (bicyclic) bond motifs is 2. The zero-order valence-electron chi connectivity index (χ0n) is 17.5. The Morgan fingerprint density at radius 1 is 0.833 bits per heavy atom. The van der Waals surface area contributed by atoms with E-state index in [-0.39, 0.29) is 0 Å². The molecule has 0 aliphatic carbocycles. The average molecular weight is 417 g/mol. The largest absolute Gasteiger partial charge is 0.354 e. The van der Waals surface area contributed by atoms with Gasteiger partial charge in [0.25, 0.3) is 0 Å². The summed E-state index contributed by atoms with van der Waals surface area (Å²) < 4.78 is 0. The van der Waals surface area contributed by atoms with E-state index < -0.39 is 0 Å². The second kappa shape index (κ2) is 8.70. The number of nitrogens with zero attached hydrogens (tertiary/aromatic N) is 4. The summed E-state index contributed by atoms with van der Waals surface area (Å²) >= 11 is 1.89. The van der Waals surface area contributed by atoms with Gasteiger partial charge in [-0.3, -0.25) is 4.90 Å². The molecule has 3 aromatic rings. The Kier molecular flexibility index (Phi) is 5.65. The maximum absolute atomic E-state index is 4.50. The quantitative estimate of drug-likeness (QED) is 0.568. The van der Waals surface area contributed by atoms with Crippen LogP contribution in [0.15, 0.2) is 76.7 Å². The molecule has 2 aliphatic heterocycles. The summed E-state index contributed by atoms with van der Waals surface area (Å²) in [4.78, 5) is 14.7. The van der Waals surface area contributed by atoms with Crippen LogP contribution in [0, 0.1) is 6.92 Å². The summed E-state index contributed by atoms with van der Waals surface area (Å²) in [7, 11) is 0. The lowest BCUT2D eigenvalue weighted by atomic mass is 10.1. The molecule has 0 atom stereocenters. The second-order valence-electron chi connectivity index (χ2n) is 8.06. The van der Waals surface area contributed by atoms with Crippen molar-refractivity contribution in [2.24, 2.45) is 0 Å². The molecule has 0 amide bonds. The molecule has 30 heavy (non-hydrogen) atoms. The number of para-hydroxylation sites is 1. The van der Waals surface area contributed by atoms with Crippen LogP contribution in [0.25, 0.3) is 0 Å². The number of benzene rings is 2. The van der Waals surface area contributed by atoms with Gasteiger partial charge >= 0.3 is 0 Å². The number of anilines is 3. The number of piperazine rings is 1. The summed E-state index contributed by atoms with van der Waals surface area (Å²) in [6, 6.07) is 21.8. The molecule has 2 aliphatic rings. The first-order valence-electron chi connectivity index (χ1n) is 10.8. The highest BCUT2D eigenvalue weighted by molar-refractivity contribution is 7.99. The number of hydrogen-bond acceptors (Lipinski definition) is 5. The molecule has 4 nitrogen and oxygen atoms in total. The predicted octanol–water partition coefficient (Wildman–Crippen LogP) is 5.21. The normalized spacial score (nSPS) is 16.3. The molecule has 0 N–H and O–H groups in total. The van der Waals surface area contributed by atoms with Crippen molar-refractivity contribution in [1.82, 2.24) is 9.88 Å². The average Bonchev–Trinajstić information content (AvgIpc) is 2.80. The van der Waals surface area contributed by atoms with Crippen LogP contribution in [0.4, 0.5) is 17.2 Å². The van der Waals surface area contributed by atoms with Crippen LogP contribution in [-0.2, 0) is 0 Å². The van der Waals surface area contributed by atoms with Crippen molar-refractivity contribution in [2.75, 3.05) is 49.1 Å². The molecule has 1 fully saturated rings. The van der Waals surface area contributed by atoms with Crippen molar-refractivity contribution in [3.05, 3.63) is 72.4 Å². The predicted molar refractivity (Wildman–Crippen MR) is 126 cm³/mol. The number of pyridine rings is 1. The maximum Gasteiger partial charge on any atom is 0.128 e. The lowest BCUT2D eigenvalue weighted by molar-refractivity contribution is 0.255. The molecule has 1 aromatic heterocycles. The summed E-state index contributed by atoms with van der Waals surface area (Å²) in [6.07, 6.45) is 3.05. The van der Waals surface area contributed by atoms with Crippen molar-refractivity contribution in [1.29, 1.82) is 0 Å². The van der Waals surface area contributed by atoms with Crippen LogP contribution >= 0.6 is 11.8 Å². The molecular weight excluding hydrogens is 388 g/mol. The molecule has 154 valence electrons. The molecular formula is C25H28N4S. The van der Waals surface area contributed by atoms with Crippen LogP contribution in [0.2, 0.25) is 0 Å². The fraction of sp³-hybridized carbons (Fsp3) is 0.320. The van der Waals surface area contributed by atoms with Crippen LogP contribution in [0.3, 0.4) is 0 Å². The van der Waals surface area contributed by atoms with Gasteiger partial charge in [-0.05, 0) is 61.9 Å². The Hall–Kier alpha value is -2.50. The monoisotopic (exact) mass is 416 g/mol. The van der Waals surface area contributed by atoms with Gasteiger partial charge in [0, 0.05) is 48.7 Å². The molecule has 0 bridgehead atoms. The Morgan fingerprint density at radius 3 is 2.47 bits per heavy atom. The number of hydrogen-bond donors (Lipinski definition) is 0. The van der Waals surface area contributed by atoms with Gasteiger partial charge in [0.2, 0.25) is 0 Å². The summed E-state index contributed by atoms with van der Waals surface area (Å²) in [5, 5.41) is 0. The van der Waals surface area contributed by atoms with E-state index in [1.165, 1.54) is 26.7 Å². The molecule has 1 saturated heterocycles. The van der Waals surface area contributed by atoms with Gasteiger partial charge in [-0.2, -0.15) is 0 Å². The highest BCUT2D eigenvalue weighted by atomic mass is 32.2. The molecule has 5 heteroatoms. The van der Waals surface area contributed by atoms with Gasteiger partial charge in [0.15, 0.2) is 0 Å². The van der Waals surface area contributed by atoms with E-state index in [9.17, 15) is 0 Å². The van der Waals surface area contributed by atoms with Crippen LogP contribution in [0.1, 0.15) is 12.0 Å². The molecule has 5 rings (SSSR count). The van der Waals surface area contributed by atoms with E-state index in [1.807, 2.05) is 24.0 Å². The van der Waals surface area contributed by atoms with Crippen molar-refractivity contribution >= 4 is 29.0 Å². The van der Waals surface area contributed by atoms with E-state index in [0.29, 0.717) is 0 Å². The summed E-state index contributed by atoms with van der Waals surface area (Å²) in [6.45, 7) is 8.71. The van der Waals surface area contributed by atoms with E-state index >= 15 is 0 Å². The Balaban J connectivity index is 1.22. The third kappa shape index (κ3) is 4.05. The number of rotatable bonds is 5. The molecule has 0 radical (unpaired) electrons. The number of aromatic nitrogens is 1. The smallest absolute Gasteiger partial charge is 0.128 e. The van der Waals surface area contributed by atoms with Gasteiger partial charge in [-0.15, -0.1) is 0 Å². The third-order valence-corrected chi connectivity index (χ3v) is 7.11. The summed E-state index contributed by atoms with van der Waals surface area (Å²) in [5.41, 5.74) is 4.03. The first-order chi connectivity index (χ1) is 14.8. The zero-order chi connectivity index (χ0) is 20.3. The fourth-order valence-corrected chi connectivity index (χ4v) is 5.45. The first-order valence-corrected chi connectivity index (χ1v) is 11.6. The lowest BCUT2D eigenvalue weighted by Crippen LogP contribution is -2.47. The van der Waals surface area contributed by atoms with E-state index in [0.717, 1.165) is 51.5 Å². The number of aryl methyl sites for hydroxylation is 1. The molecule has 0 spiro atoms. The van der Waals surface area contributed by atoms with Gasteiger partial charge in [-0.1, -0.05) is 36.0 Å². The van der Waals surface area contributed by atoms with Crippen molar-refractivity contribution in [3.8, 4) is 0 Å². The van der Waals surface area contributed by atoms with Gasteiger partial charge in [0.1, 0.15) is 5.82 Å². The molecule has 3 heterocycles. The van der Waals surface area contributed by atoms with Gasteiger partial charge in [-0.25, -0.2) is 4.98 Å². The van der Waals surface area contributed by atoms with Crippen molar-refractivity contribution < 1.29 is 0 Å². The standard InChI is InChI=1S/C25H28N4S/c1-20-10-11-24-22(19-20)29(21-7-2-3-8-23(21)30-24)14-6-13-27-15-17-28(18-16-27)25-9-4-5-12-26-25/h2-5,7-12,19H,6,13-18H2,1H3. The SMILES string of the molecule is Cc1ccc2c(c1)N(CCCN1CCN(c3ccccn3)CC1)c1ccccc1S2. The third-order valence-electron chi connectivity index (χ3n) is 5.98. The Bertz CT molecular complexity index is 999. The summed E-state index contributed by atoms with van der Waals surface area (Å²) in [5.74, 6) is 1.10. The van der Waals surface area contributed by atoms with E-state index in [1.54, 1.807) is 0 Å². The Morgan fingerprint density at radius 2 is 1.63 bits per heavy atom. The van der Waals surface area contributed by atoms with Gasteiger partial charge < -0.3 is 9.80 Å². The van der Waals surface area contributed by atoms with Crippen LogP contribution in [-0.4, -0.2) is 49.2 Å². The van der Waals surface area contributed by atoms with Crippen LogP contribution < -0.4 is 9.80 Å². The Labute approximate surface area is 183 Å². The van der Waals surface area contributed by atoms with E-state index in [4.69, 9.17) is 0 Å². The molecule has 0 unspecified atom stereocenters. The highest BCUT2D eigenvalue weighted by Crippen LogP contribution is 2.48. The molecule has 0 saturated carbocycles. The highest BCUT2D eigenvalue weighted by Gasteiger charge is 2.23. The second-order valence-corrected chi connectivity index (χ2v) is 9.15. The zero-order valence-corrected chi connectivity index (χ0v) is 18.3. The van der Waals surface area contributed by atoms with Crippen molar-refractivity contribution in [3.63, 3.8) is 0 Å². The maximum atomic E-state index is 4.50. The lowest BCUT2D eigenvalue weighted by Gasteiger charge is -2.36.